The number of hydrogen-bond donors (Lipinski definition) is 1. The highest BCUT2D eigenvalue weighted by molar-refractivity contribution is 5.57. The lowest BCUT2D eigenvalue weighted by molar-refractivity contribution is 0.633. The summed E-state index contributed by atoms with van der Waals surface area (Å²) in [5.74, 6) is 0. The number of H-pyrrole nitrogens is 1. The first-order chi connectivity index (χ1) is 10.1. The molecule has 1 aromatic carbocycles. The molecule has 2 heterocycles. The average molecular weight is 283 g/mol. The monoisotopic (exact) mass is 283 g/mol. The van der Waals surface area contributed by atoms with E-state index in [-0.39, 0.29) is 6.54 Å². The van der Waals surface area contributed by atoms with E-state index in [1.54, 1.807) is 17.9 Å². The SMILES string of the molecule is Cn1cc(Cn2cc(-c3ccccc3)nn2)c(=O)[nH]c1=O. The maximum atomic E-state index is 11.7. The van der Waals surface area contributed by atoms with Crippen LogP contribution in [0, 0.1) is 0 Å². The molecule has 0 bridgehead atoms. The van der Waals surface area contributed by atoms with Crippen molar-refractivity contribution in [3.05, 3.63) is 69.1 Å². The average Bonchev–Trinajstić information content (AvgIpc) is 2.94. The van der Waals surface area contributed by atoms with Gasteiger partial charge in [-0.3, -0.25) is 9.78 Å². The maximum absolute atomic E-state index is 11.7. The summed E-state index contributed by atoms with van der Waals surface area (Å²) in [5, 5.41) is 8.09. The van der Waals surface area contributed by atoms with Crippen LogP contribution in [0.15, 0.2) is 52.3 Å². The molecule has 2 aromatic heterocycles. The molecule has 0 aliphatic carbocycles. The molecule has 0 unspecified atom stereocenters. The van der Waals surface area contributed by atoms with Crippen molar-refractivity contribution in [3.63, 3.8) is 0 Å². The van der Waals surface area contributed by atoms with E-state index in [9.17, 15) is 9.59 Å². The van der Waals surface area contributed by atoms with Crippen LogP contribution < -0.4 is 11.2 Å². The van der Waals surface area contributed by atoms with E-state index in [0.717, 1.165) is 11.3 Å². The van der Waals surface area contributed by atoms with Crippen molar-refractivity contribution < 1.29 is 0 Å². The molecule has 3 rings (SSSR count). The molecule has 0 saturated heterocycles. The van der Waals surface area contributed by atoms with Crippen molar-refractivity contribution in [1.82, 2.24) is 24.5 Å². The molecule has 0 fully saturated rings. The lowest BCUT2D eigenvalue weighted by Gasteiger charge is -2.02. The van der Waals surface area contributed by atoms with Gasteiger partial charge in [0.05, 0.1) is 18.3 Å². The summed E-state index contributed by atoms with van der Waals surface area (Å²) in [4.78, 5) is 25.3. The van der Waals surface area contributed by atoms with Gasteiger partial charge in [-0.05, 0) is 0 Å². The number of aryl methyl sites for hydroxylation is 1. The van der Waals surface area contributed by atoms with Gasteiger partial charge in [0.1, 0.15) is 5.69 Å². The lowest BCUT2D eigenvalue weighted by Crippen LogP contribution is -2.30. The smallest absolute Gasteiger partial charge is 0.303 e. The highest BCUT2D eigenvalue weighted by atomic mass is 16.2. The summed E-state index contributed by atoms with van der Waals surface area (Å²) in [6.45, 7) is 0.253. The second-order valence-electron chi connectivity index (χ2n) is 4.69. The number of aromatic nitrogens is 5. The summed E-state index contributed by atoms with van der Waals surface area (Å²) in [5.41, 5.74) is 1.29. The predicted octanol–water partition coefficient (Wildman–Crippen LogP) is 0.380. The summed E-state index contributed by atoms with van der Waals surface area (Å²) in [6.07, 6.45) is 3.27. The fraction of sp³-hybridized carbons (Fsp3) is 0.143. The van der Waals surface area contributed by atoms with Gasteiger partial charge in [-0.2, -0.15) is 0 Å². The molecule has 3 aromatic rings. The molecule has 0 radical (unpaired) electrons. The van der Waals surface area contributed by atoms with E-state index in [0.29, 0.717) is 5.56 Å². The fourth-order valence-corrected chi connectivity index (χ4v) is 2.02. The van der Waals surface area contributed by atoms with E-state index < -0.39 is 11.2 Å². The first-order valence-corrected chi connectivity index (χ1v) is 6.38. The van der Waals surface area contributed by atoms with Gasteiger partial charge in [0.15, 0.2) is 0 Å². The van der Waals surface area contributed by atoms with Crippen molar-refractivity contribution in [2.75, 3.05) is 0 Å². The zero-order valence-corrected chi connectivity index (χ0v) is 11.4. The zero-order valence-electron chi connectivity index (χ0n) is 11.4. The van der Waals surface area contributed by atoms with Gasteiger partial charge in [-0.15, -0.1) is 5.10 Å². The lowest BCUT2D eigenvalue weighted by atomic mass is 10.2. The van der Waals surface area contributed by atoms with Crippen molar-refractivity contribution in [1.29, 1.82) is 0 Å². The number of aromatic amines is 1. The topological polar surface area (TPSA) is 85.6 Å². The molecule has 0 amide bonds. The zero-order chi connectivity index (χ0) is 14.8. The van der Waals surface area contributed by atoms with E-state index in [2.05, 4.69) is 15.3 Å². The summed E-state index contributed by atoms with van der Waals surface area (Å²) >= 11 is 0. The van der Waals surface area contributed by atoms with E-state index in [1.807, 2.05) is 30.3 Å². The standard InChI is InChI=1S/C14H13N5O2/c1-18-7-11(13(20)15-14(18)21)8-19-9-12(16-17-19)10-5-3-2-4-6-10/h2-7,9H,8H2,1H3,(H,15,20,21). The Morgan fingerprint density at radius 2 is 1.90 bits per heavy atom. The van der Waals surface area contributed by atoms with Crippen LogP contribution in [0.4, 0.5) is 0 Å². The van der Waals surface area contributed by atoms with Gasteiger partial charge in [0.25, 0.3) is 5.56 Å². The summed E-state index contributed by atoms with van der Waals surface area (Å²) in [6, 6.07) is 9.65. The van der Waals surface area contributed by atoms with Crippen LogP contribution in [0.2, 0.25) is 0 Å². The molecule has 0 saturated carbocycles. The molecule has 7 heteroatoms. The Morgan fingerprint density at radius 3 is 2.67 bits per heavy atom. The minimum Gasteiger partial charge on any atom is -0.303 e. The molecule has 0 aliphatic heterocycles. The Labute approximate surface area is 119 Å². The number of nitrogens with zero attached hydrogens (tertiary/aromatic N) is 4. The molecular weight excluding hydrogens is 270 g/mol. The maximum Gasteiger partial charge on any atom is 0.328 e. The molecule has 21 heavy (non-hydrogen) atoms. The summed E-state index contributed by atoms with van der Waals surface area (Å²) in [7, 11) is 1.58. The van der Waals surface area contributed by atoms with Crippen LogP contribution in [0.3, 0.4) is 0 Å². The van der Waals surface area contributed by atoms with Gasteiger partial charge in [0.2, 0.25) is 0 Å². The normalized spacial score (nSPS) is 10.7. The minimum absolute atomic E-state index is 0.253. The predicted molar refractivity (Wildman–Crippen MR) is 76.9 cm³/mol. The van der Waals surface area contributed by atoms with Crippen LogP contribution in [0.5, 0.6) is 0 Å². The Kier molecular flexibility index (Phi) is 3.23. The van der Waals surface area contributed by atoms with Crippen molar-refractivity contribution >= 4 is 0 Å². The van der Waals surface area contributed by atoms with E-state index >= 15 is 0 Å². The number of nitrogens with one attached hydrogen (secondary N) is 1. The highest BCUT2D eigenvalue weighted by Crippen LogP contribution is 2.14. The second-order valence-corrected chi connectivity index (χ2v) is 4.69. The largest absolute Gasteiger partial charge is 0.328 e. The van der Waals surface area contributed by atoms with Gasteiger partial charge in [0, 0.05) is 18.8 Å². The van der Waals surface area contributed by atoms with Gasteiger partial charge < -0.3 is 4.57 Å². The first-order valence-electron chi connectivity index (χ1n) is 6.38. The van der Waals surface area contributed by atoms with Crippen molar-refractivity contribution in [3.8, 4) is 11.3 Å². The van der Waals surface area contributed by atoms with Crippen LogP contribution in [-0.4, -0.2) is 24.5 Å². The van der Waals surface area contributed by atoms with Crippen LogP contribution in [0.25, 0.3) is 11.3 Å². The third-order valence-electron chi connectivity index (χ3n) is 3.12. The number of hydrogen-bond acceptors (Lipinski definition) is 4. The Morgan fingerprint density at radius 1 is 1.14 bits per heavy atom. The molecule has 1 N–H and O–H groups in total. The minimum atomic E-state index is -0.438. The van der Waals surface area contributed by atoms with Crippen molar-refractivity contribution in [2.45, 2.75) is 6.54 Å². The molecular formula is C14H13N5O2. The number of benzene rings is 1. The van der Waals surface area contributed by atoms with Gasteiger partial charge >= 0.3 is 5.69 Å². The highest BCUT2D eigenvalue weighted by Gasteiger charge is 2.07. The summed E-state index contributed by atoms with van der Waals surface area (Å²) < 4.78 is 2.89. The van der Waals surface area contributed by atoms with Crippen LogP contribution >= 0.6 is 0 Å². The van der Waals surface area contributed by atoms with E-state index in [1.165, 1.54) is 10.8 Å². The molecule has 7 nitrogen and oxygen atoms in total. The first kappa shape index (κ1) is 13.0. The number of rotatable bonds is 3. The van der Waals surface area contributed by atoms with Gasteiger partial charge in [-0.1, -0.05) is 35.5 Å². The third kappa shape index (κ3) is 2.66. The van der Waals surface area contributed by atoms with Crippen LogP contribution in [0.1, 0.15) is 5.56 Å². The quantitative estimate of drug-likeness (QED) is 0.753. The molecule has 0 atom stereocenters. The van der Waals surface area contributed by atoms with Gasteiger partial charge in [-0.25, -0.2) is 9.48 Å². The molecule has 0 spiro atoms. The molecule has 0 aliphatic rings. The van der Waals surface area contributed by atoms with E-state index in [4.69, 9.17) is 0 Å². The molecule has 106 valence electrons. The fourth-order valence-electron chi connectivity index (χ4n) is 2.02. The van der Waals surface area contributed by atoms with Crippen LogP contribution in [-0.2, 0) is 13.6 Å². The Bertz CT molecular complexity index is 876. The third-order valence-corrected chi connectivity index (χ3v) is 3.12. The van der Waals surface area contributed by atoms with Crippen molar-refractivity contribution in [2.24, 2.45) is 7.05 Å². The second kappa shape index (κ2) is 5.20. The Balaban J connectivity index is 1.90. The Hall–Kier alpha value is -2.96.